The Labute approximate surface area is 129 Å². The number of phenolic OH excluding ortho intramolecular Hbond substituents is 1. The van der Waals surface area contributed by atoms with Crippen molar-refractivity contribution in [1.29, 1.82) is 0 Å². The maximum Gasteiger partial charge on any atom is 0.338 e. The van der Waals surface area contributed by atoms with Gasteiger partial charge in [0.2, 0.25) is 0 Å². The van der Waals surface area contributed by atoms with Crippen LogP contribution in [0, 0.1) is 0 Å². The van der Waals surface area contributed by atoms with E-state index in [1.165, 1.54) is 7.11 Å². The van der Waals surface area contributed by atoms with E-state index in [2.05, 4.69) is 0 Å². The standard InChI is InChI=1S/C18H18O4/c1-3-22-18(20)15-9-6-13(7-10-15)4-5-14-8-11-17(21-2)16(19)12-14/h4-12,19H,3H2,1-2H3/b5-4+. The first kappa shape index (κ1) is 15.6. The molecule has 0 unspecified atom stereocenters. The molecule has 0 aliphatic carbocycles. The second-order valence-corrected chi connectivity index (χ2v) is 4.61. The van der Waals surface area contributed by atoms with Gasteiger partial charge >= 0.3 is 5.97 Å². The molecule has 0 aliphatic rings. The average molecular weight is 298 g/mol. The van der Waals surface area contributed by atoms with E-state index in [4.69, 9.17) is 9.47 Å². The normalized spacial score (nSPS) is 10.6. The van der Waals surface area contributed by atoms with Gasteiger partial charge in [-0.3, -0.25) is 0 Å². The van der Waals surface area contributed by atoms with Gasteiger partial charge in [0.05, 0.1) is 19.3 Å². The van der Waals surface area contributed by atoms with Gasteiger partial charge in [-0.25, -0.2) is 4.79 Å². The van der Waals surface area contributed by atoms with E-state index in [9.17, 15) is 9.90 Å². The molecular formula is C18H18O4. The van der Waals surface area contributed by atoms with E-state index in [1.807, 2.05) is 30.4 Å². The van der Waals surface area contributed by atoms with Gasteiger partial charge in [0.1, 0.15) is 0 Å². The van der Waals surface area contributed by atoms with Gasteiger partial charge in [0.25, 0.3) is 0 Å². The number of aromatic hydroxyl groups is 1. The van der Waals surface area contributed by atoms with Crippen molar-refractivity contribution in [2.45, 2.75) is 6.92 Å². The van der Waals surface area contributed by atoms with E-state index in [0.29, 0.717) is 17.9 Å². The topological polar surface area (TPSA) is 55.8 Å². The molecule has 0 amide bonds. The lowest BCUT2D eigenvalue weighted by molar-refractivity contribution is 0.0526. The summed E-state index contributed by atoms with van der Waals surface area (Å²) in [6.07, 6.45) is 3.77. The lowest BCUT2D eigenvalue weighted by Gasteiger charge is -2.03. The van der Waals surface area contributed by atoms with Crippen molar-refractivity contribution < 1.29 is 19.4 Å². The fraction of sp³-hybridized carbons (Fsp3) is 0.167. The molecule has 0 saturated carbocycles. The quantitative estimate of drug-likeness (QED) is 0.674. The van der Waals surface area contributed by atoms with Crippen LogP contribution in [0.4, 0.5) is 0 Å². The molecule has 114 valence electrons. The second-order valence-electron chi connectivity index (χ2n) is 4.61. The van der Waals surface area contributed by atoms with Gasteiger partial charge in [0.15, 0.2) is 11.5 Å². The van der Waals surface area contributed by atoms with Crippen molar-refractivity contribution in [3.63, 3.8) is 0 Å². The minimum Gasteiger partial charge on any atom is -0.504 e. The summed E-state index contributed by atoms with van der Waals surface area (Å²) in [6.45, 7) is 2.14. The Hall–Kier alpha value is -2.75. The Bertz CT molecular complexity index is 672. The van der Waals surface area contributed by atoms with Crippen LogP contribution in [0.1, 0.15) is 28.4 Å². The number of ether oxygens (including phenoxy) is 2. The summed E-state index contributed by atoms with van der Waals surface area (Å²) in [5.74, 6) is 0.219. The predicted octanol–water partition coefficient (Wildman–Crippen LogP) is 3.75. The van der Waals surface area contributed by atoms with E-state index in [-0.39, 0.29) is 11.7 Å². The summed E-state index contributed by atoms with van der Waals surface area (Å²) in [6, 6.07) is 12.3. The largest absolute Gasteiger partial charge is 0.504 e. The van der Waals surface area contributed by atoms with Crippen molar-refractivity contribution in [2.24, 2.45) is 0 Å². The van der Waals surface area contributed by atoms with Crippen LogP contribution in [-0.4, -0.2) is 24.8 Å². The lowest BCUT2D eigenvalue weighted by atomic mass is 10.1. The van der Waals surface area contributed by atoms with Crippen LogP contribution in [0.5, 0.6) is 11.5 Å². The predicted molar refractivity (Wildman–Crippen MR) is 86.0 cm³/mol. The molecule has 0 spiro atoms. The third-order valence-electron chi connectivity index (χ3n) is 3.09. The molecule has 2 aromatic carbocycles. The van der Waals surface area contributed by atoms with Crippen LogP contribution in [0.15, 0.2) is 42.5 Å². The number of esters is 1. The van der Waals surface area contributed by atoms with E-state index >= 15 is 0 Å². The van der Waals surface area contributed by atoms with Crippen molar-refractivity contribution >= 4 is 18.1 Å². The summed E-state index contributed by atoms with van der Waals surface area (Å²) in [7, 11) is 1.51. The molecule has 0 atom stereocenters. The molecule has 0 aromatic heterocycles. The van der Waals surface area contributed by atoms with Gasteiger partial charge in [-0.15, -0.1) is 0 Å². The molecule has 0 radical (unpaired) electrons. The third-order valence-corrected chi connectivity index (χ3v) is 3.09. The van der Waals surface area contributed by atoms with Gasteiger partial charge in [-0.05, 0) is 42.3 Å². The van der Waals surface area contributed by atoms with Crippen LogP contribution >= 0.6 is 0 Å². The molecule has 22 heavy (non-hydrogen) atoms. The number of carbonyl (C=O) groups is 1. The molecule has 0 heterocycles. The average Bonchev–Trinajstić information content (AvgIpc) is 2.54. The molecule has 0 bridgehead atoms. The van der Waals surface area contributed by atoms with Gasteiger partial charge < -0.3 is 14.6 Å². The van der Waals surface area contributed by atoms with E-state index < -0.39 is 0 Å². The first-order valence-electron chi connectivity index (χ1n) is 6.96. The van der Waals surface area contributed by atoms with E-state index in [1.54, 1.807) is 31.2 Å². The second kappa shape index (κ2) is 7.31. The molecular weight excluding hydrogens is 280 g/mol. The minimum atomic E-state index is -0.321. The van der Waals surface area contributed by atoms with Crippen molar-refractivity contribution in [3.05, 3.63) is 59.2 Å². The molecule has 1 N–H and O–H groups in total. The third kappa shape index (κ3) is 3.88. The smallest absolute Gasteiger partial charge is 0.338 e. The molecule has 2 rings (SSSR count). The monoisotopic (exact) mass is 298 g/mol. The van der Waals surface area contributed by atoms with E-state index in [0.717, 1.165) is 11.1 Å². The summed E-state index contributed by atoms with van der Waals surface area (Å²) < 4.78 is 9.94. The van der Waals surface area contributed by atoms with Crippen LogP contribution < -0.4 is 4.74 Å². The zero-order chi connectivity index (χ0) is 15.9. The van der Waals surface area contributed by atoms with Crippen LogP contribution in [0.3, 0.4) is 0 Å². The Balaban J connectivity index is 2.10. The highest BCUT2D eigenvalue weighted by Crippen LogP contribution is 2.27. The van der Waals surface area contributed by atoms with Crippen molar-refractivity contribution in [1.82, 2.24) is 0 Å². The maximum absolute atomic E-state index is 11.6. The number of benzene rings is 2. The molecule has 4 nitrogen and oxygen atoms in total. The Morgan fingerprint density at radius 3 is 2.32 bits per heavy atom. The SMILES string of the molecule is CCOC(=O)c1ccc(/C=C/c2ccc(OC)c(O)c2)cc1. The Morgan fingerprint density at radius 2 is 1.73 bits per heavy atom. The zero-order valence-corrected chi connectivity index (χ0v) is 12.6. The molecule has 0 saturated heterocycles. The fourth-order valence-electron chi connectivity index (χ4n) is 1.95. The summed E-state index contributed by atoms with van der Waals surface area (Å²) >= 11 is 0. The maximum atomic E-state index is 11.6. The molecule has 0 aliphatic heterocycles. The van der Waals surface area contributed by atoms with Gasteiger partial charge in [-0.1, -0.05) is 30.4 Å². The first-order chi connectivity index (χ1) is 10.6. The summed E-state index contributed by atoms with van der Waals surface area (Å²) in [4.78, 5) is 11.6. The summed E-state index contributed by atoms with van der Waals surface area (Å²) in [5, 5.41) is 9.73. The van der Waals surface area contributed by atoms with Crippen molar-refractivity contribution in [2.75, 3.05) is 13.7 Å². The van der Waals surface area contributed by atoms with Gasteiger partial charge in [0, 0.05) is 0 Å². The first-order valence-corrected chi connectivity index (χ1v) is 6.96. The zero-order valence-electron chi connectivity index (χ0n) is 12.6. The minimum absolute atomic E-state index is 0.0994. The lowest BCUT2D eigenvalue weighted by Crippen LogP contribution is -2.03. The highest BCUT2D eigenvalue weighted by molar-refractivity contribution is 5.89. The van der Waals surface area contributed by atoms with Crippen LogP contribution in [-0.2, 0) is 4.74 Å². The molecule has 4 heteroatoms. The molecule has 0 fully saturated rings. The van der Waals surface area contributed by atoms with Gasteiger partial charge in [-0.2, -0.15) is 0 Å². The fourth-order valence-corrected chi connectivity index (χ4v) is 1.95. The Morgan fingerprint density at radius 1 is 1.09 bits per heavy atom. The van der Waals surface area contributed by atoms with Crippen LogP contribution in [0.25, 0.3) is 12.2 Å². The highest BCUT2D eigenvalue weighted by atomic mass is 16.5. The number of methoxy groups -OCH3 is 1. The number of hydrogen-bond acceptors (Lipinski definition) is 4. The Kier molecular flexibility index (Phi) is 5.20. The molecule has 2 aromatic rings. The number of hydrogen-bond donors (Lipinski definition) is 1. The highest BCUT2D eigenvalue weighted by Gasteiger charge is 2.04. The number of rotatable bonds is 5. The number of phenols is 1. The number of carbonyl (C=O) groups excluding carboxylic acids is 1. The van der Waals surface area contributed by atoms with Crippen LogP contribution in [0.2, 0.25) is 0 Å². The summed E-state index contributed by atoms with van der Waals surface area (Å²) in [5.41, 5.74) is 2.33. The van der Waals surface area contributed by atoms with Crippen molar-refractivity contribution in [3.8, 4) is 11.5 Å².